The minimum absolute atomic E-state index is 0.0506. The normalized spacial score (nSPS) is 16.6. The molecular weight excluding hydrogens is 516 g/mol. The largest absolute Gasteiger partial charge is 0.453 e. The predicted molar refractivity (Wildman–Crippen MR) is 160 cm³/mol. The molecule has 2 aliphatic rings. The fourth-order valence-corrected chi connectivity index (χ4v) is 6.07. The van der Waals surface area contributed by atoms with E-state index in [0.717, 1.165) is 58.9 Å². The number of fused-ring (bicyclic) bond motifs is 3. The molecule has 0 spiro atoms. The molecule has 41 heavy (non-hydrogen) atoms. The molecule has 0 unspecified atom stereocenters. The van der Waals surface area contributed by atoms with Crippen LogP contribution in [-0.4, -0.2) is 45.2 Å². The SMILES string of the molecule is CC=CN1CCC[C@@H](n2cc(-c3ccc(NC(=O)c4cccc5ccccc45)c4c3OCO4)c3c(N)ncnc32)C1. The number of nitrogens with one attached hydrogen (secondary N) is 1. The molecule has 2 aromatic heterocycles. The fraction of sp³-hybridized carbons (Fsp3) is 0.219. The van der Waals surface area contributed by atoms with Crippen LogP contribution in [0.4, 0.5) is 11.5 Å². The molecule has 1 amide bonds. The summed E-state index contributed by atoms with van der Waals surface area (Å²) in [7, 11) is 0. The van der Waals surface area contributed by atoms with E-state index in [1.165, 1.54) is 6.33 Å². The number of likely N-dealkylation sites (tertiary alicyclic amines) is 1. The number of hydrogen-bond acceptors (Lipinski definition) is 7. The number of carbonyl (C=O) groups excluding carboxylic acids is 1. The van der Waals surface area contributed by atoms with Gasteiger partial charge in [-0.1, -0.05) is 42.5 Å². The lowest BCUT2D eigenvalue weighted by atomic mass is 10.0. The number of aromatic nitrogens is 3. The molecule has 0 aliphatic carbocycles. The van der Waals surface area contributed by atoms with Crippen LogP contribution in [0.5, 0.6) is 11.5 Å². The highest BCUT2D eigenvalue weighted by atomic mass is 16.7. The number of amides is 1. The first kappa shape index (κ1) is 25.0. The van der Waals surface area contributed by atoms with Crippen molar-refractivity contribution in [2.24, 2.45) is 0 Å². The first-order valence-electron chi connectivity index (χ1n) is 13.8. The Labute approximate surface area is 237 Å². The Morgan fingerprint density at radius 2 is 1.90 bits per heavy atom. The van der Waals surface area contributed by atoms with Gasteiger partial charge >= 0.3 is 0 Å². The van der Waals surface area contributed by atoms with E-state index in [9.17, 15) is 4.79 Å². The minimum atomic E-state index is -0.218. The second kappa shape index (κ2) is 10.2. The predicted octanol–water partition coefficient (Wildman–Crippen LogP) is 5.99. The smallest absolute Gasteiger partial charge is 0.256 e. The first-order chi connectivity index (χ1) is 20.1. The number of hydrogen-bond donors (Lipinski definition) is 2. The van der Waals surface area contributed by atoms with Crippen LogP contribution in [0.1, 0.15) is 36.2 Å². The van der Waals surface area contributed by atoms with Gasteiger partial charge in [-0.05, 0) is 54.9 Å². The molecule has 1 atom stereocenters. The maximum absolute atomic E-state index is 13.4. The Balaban J connectivity index is 1.28. The highest BCUT2D eigenvalue weighted by molar-refractivity contribution is 6.14. The summed E-state index contributed by atoms with van der Waals surface area (Å²) in [5, 5.41) is 5.71. The first-order valence-corrected chi connectivity index (χ1v) is 13.8. The van der Waals surface area contributed by atoms with Gasteiger partial charge in [0.15, 0.2) is 11.5 Å². The molecule has 0 saturated carbocycles. The number of anilines is 2. The van der Waals surface area contributed by atoms with Crippen molar-refractivity contribution in [3.8, 4) is 22.6 Å². The molecule has 9 nitrogen and oxygen atoms in total. The van der Waals surface area contributed by atoms with E-state index in [4.69, 9.17) is 15.2 Å². The van der Waals surface area contributed by atoms with Crippen molar-refractivity contribution in [2.75, 3.05) is 30.9 Å². The van der Waals surface area contributed by atoms with Gasteiger partial charge in [-0.25, -0.2) is 9.97 Å². The third kappa shape index (κ3) is 4.30. The highest BCUT2D eigenvalue weighted by Gasteiger charge is 2.29. The molecule has 0 radical (unpaired) electrons. The zero-order chi connectivity index (χ0) is 27.9. The number of nitrogen functional groups attached to an aromatic ring is 1. The van der Waals surface area contributed by atoms with Crippen LogP contribution in [0, 0.1) is 0 Å². The van der Waals surface area contributed by atoms with Gasteiger partial charge < -0.3 is 30.0 Å². The highest BCUT2D eigenvalue weighted by Crippen LogP contribution is 2.49. The van der Waals surface area contributed by atoms with Gasteiger partial charge in [-0.15, -0.1) is 0 Å². The molecule has 7 rings (SSSR count). The van der Waals surface area contributed by atoms with Gasteiger partial charge in [0.2, 0.25) is 6.79 Å². The van der Waals surface area contributed by atoms with Crippen molar-refractivity contribution in [1.29, 1.82) is 0 Å². The maximum Gasteiger partial charge on any atom is 0.256 e. The summed E-state index contributed by atoms with van der Waals surface area (Å²) in [5.41, 5.74) is 10.1. The van der Waals surface area contributed by atoms with Crippen molar-refractivity contribution in [3.05, 3.63) is 85.0 Å². The fourth-order valence-electron chi connectivity index (χ4n) is 6.07. The second-order valence-electron chi connectivity index (χ2n) is 10.4. The van der Waals surface area contributed by atoms with Crippen LogP contribution in [0.25, 0.3) is 32.9 Å². The Kier molecular flexibility index (Phi) is 6.19. The maximum atomic E-state index is 13.4. The van der Waals surface area contributed by atoms with Crippen molar-refractivity contribution in [1.82, 2.24) is 19.4 Å². The molecule has 3 N–H and O–H groups in total. The van der Waals surface area contributed by atoms with Crippen LogP contribution in [0.2, 0.25) is 0 Å². The van der Waals surface area contributed by atoms with Gasteiger partial charge in [-0.3, -0.25) is 4.79 Å². The summed E-state index contributed by atoms with van der Waals surface area (Å²) in [6.07, 6.45) is 9.96. The zero-order valence-corrected chi connectivity index (χ0v) is 22.7. The molecular formula is C32H30N6O3. The monoisotopic (exact) mass is 546 g/mol. The third-order valence-electron chi connectivity index (χ3n) is 7.91. The summed E-state index contributed by atoms with van der Waals surface area (Å²) in [6, 6.07) is 17.6. The van der Waals surface area contributed by atoms with Crippen molar-refractivity contribution < 1.29 is 14.3 Å². The Bertz CT molecular complexity index is 1820. The second-order valence-corrected chi connectivity index (χ2v) is 10.4. The van der Waals surface area contributed by atoms with Gasteiger partial charge in [0.1, 0.15) is 17.8 Å². The van der Waals surface area contributed by atoms with E-state index < -0.39 is 0 Å². The molecule has 1 saturated heterocycles. The topological polar surface area (TPSA) is 108 Å². The van der Waals surface area contributed by atoms with Crippen LogP contribution in [0.15, 0.2) is 79.4 Å². The Hall–Kier alpha value is -5.05. The molecule has 3 aromatic carbocycles. The van der Waals surface area contributed by atoms with E-state index in [1.807, 2.05) is 61.5 Å². The lowest BCUT2D eigenvalue weighted by Gasteiger charge is -2.33. The summed E-state index contributed by atoms with van der Waals surface area (Å²) in [6.45, 7) is 4.01. The lowest BCUT2D eigenvalue weighted by molar-refractivity contribution is 0.102. The molecule has 5 aromatic rings. The van der Waals surface area contributed by atoms with Crippen molar-refractivity contribution in [2.45, 2.75) is 25.8 Å². The summed E-state index contributed by atoms with van der Waals surface area (Å²) in [4.78, 5) is 24.7. The quantitative estimate of drug-likeness (QED) is 0.279. The van der Waals surface area contributed by atoms with Crippen molar-refractivity contribution >= 4 is 39.2 Å². The summed E-state index contributed by atoms with van der Waals surface area (Å²) >= 11 is 0. The van der Waals surface area contributed by atoms with E-state index in [-0.39, 0.29) is 18.7 Å². The van der Waals surface area contributed by atoms with Gasteiger partial charge in [0, 0.05) is 36.0 Å². The molecule has 206 valence electrons. The number of nitrogens with zero attached hydrogens (tertiary/aromatic N) is 4. The van der Waals surface area contributed by atoms with Crippen LogP contribution >= 0.6 is 0 Å². The van der Waals surface area contributed by atoms with Crippen LogP contribution in [-0.2, 0) is 0 Å². The van der Waals surface area contributed by atoms with E-state index in [2.05, 4.69) is 43.2 Å². The average Bonchev–Trinajstić information content (AvgIpc) is 3.64. The molecule has 2 aliphatic heterocycles. The number of carbonyl (C=O) groups is 1. The number of allylic oxidation sites excluding steroid dienone is 1. The number of ether oxygens (including phenoxy) is 2. The van der Waals surface area contributed by atoms with E-state index in [1.54, 1.807) is 0 Å². The van der Waals surface area contributed by atoms with Crippen molar-refractivity contribution in [3.63, 3.8) is 0 Å². The van der Waals surface area contributed by atoms with Gasteiger partial charge in [0.25, 0.3) is 5.91 Å². The van der Waals surface area contributed by atoms with E-state index >= 15 is 0 Å². The summed E-state index contributed by atoms with van der Waals surface area (Å²) < 4.78 is 14.1. The summed E-state index contributed by atoms with van der Waals surface area (Å²) in [5.74, 6) is 1.24. The molecule has 4 heterocycles. The number of piperidine rings is 1. The standard InChI is InChI=1S/C32H30N6O3/c1-2-14-37-15-6-9-21(16-37)38-17-25(27-30(33)34-18-35-31(27)38)23-12-13-26(29-28(23)40-19-41-29)36-32(39)24-11-5-8-20-7-3-4-10-22(20)24/h2-5,7-8,10-14,17-18,21H,6,9,15-16,19H2,1H3,(H,36,39)(H2,33,34,35)/t21-/m1/s1. The number of benzene rings is 3. The Morgan fingerprint density at radius 3 is 2.80 bits per heavy atom. The van der Waals surface area contributed by atoms with Gasteiger partial charge in [-0.2, -0.15) is 0 Å². The number of nitrogens with two attached hydrogens (primary N) is 1. The molecule has 0 bridgehead atoms. The van der Waals surface area contributed by atoms with Crippen LogP contribution < -0.4 is 20.5 Å². The zero-order valence-electron chi connectivity index (χ0n) is 22.7. The number of rotatable bonds is 5. The van der Waals surface area contributed by atoms with Gasteiger partial charge in [0.05, 0.1) is 17.1 Å². The molecule has 9 heteroatoms. The molecule has 1 fully saturated rings. The Morgan fingerprint density at radius 1 is 1.05 bits per heavy atom. The van der Waals surface area contributed by atoms with Crippen LogP contribution in [0.3, 0.4) is 0 Å². The average molecular weight is 547 g/mol. The van der Waals surface area contributed by atoms with E-state index in [0.29, 0.717) is 28.6 Å². The minimum Gasteiger partial charge on any atom is -0.453 e. The third-order valence-corrected chi connectivity index (χ3v) is 7.91. The lowest BCUT2D eigenvalue weighted by Crippen LogP contribution is -2.32.